The molecule has 7 heteroatoms. The van der Waals surface area contributed by atoms with Gasteiger partial charge in [0.1, 0.15) is 11.5 Å². The van der Waals surface area contributed by atoms with Crippen LogP contribution in [0.5, 0.6) is 0 Å². The van der Waals surface area contributed by atoms with E-state index < -0.39 is 0 Å². The first kappa shape index (κ1) is 16.7. The summed E-state index contributed by atoms with van der Waals surface area (Å²) in [4.78, 5) is 13.8. The lowest BCUT2D eigenvalue weighted by atomic mass is 10.3. The van der Waals surface area contributed by atoms with Gasteiger partial charge in [-0.1, -0.05) is 6.07 Å². The number of nitrogens with zero attached hydrogens (tertiary/aromatic N) is 2. The number of thiophene rings is 1. The number of rotatable bonds is 7. The maximum Gasteiger partial charge on any atom is 0.230 e. The predicted molar refractivity (Wildman–Crippen MR) is 95.7 cm³/mol. The summed E-state index contributed by atoms with van der Waals surface area (Å²) in [5.41, 5.74) is 0.947. The molecule has 124 valence electrons. The van der Waals surface area contributed by atoms with Crippen molar-refractivity contribution in [2.45, 2.75) is 11.4 Å². The SMILES string of the molecule is O=C(CSc1ccc(F)cc1)NCCn1ccc(-c2cccs2)n1. The minimum Gasteiger partial charge on any atom is -0.354 e. The summed E-state index contributed by atoms with van der Waals surface area (Å²) >= 11 is 3.04. The van der Waals surface area contributed by atoms with Crippen LogP contribution in [0.1, 0.15) is 0 Å². The molecule has 0 unspecified atom stereocenters. The monoisotopic (exact) mass is 361 g/mol. The zero-order valence-electron chi connectivity index (χ0n) is 12.8. The van der Waals surface area contributed by atoms with Gasteiger partial charge in [0.15, 0.2) is 0 Å². The van der Waals surface area contributed by atoms with Crippen LogP contribution >= 0.6 is 23.1 Å². The first-order valence-electron chi connectivity index (χ1n) is 7.43. The third-order valence-corrected chi connectivity index (χ3v) is 5.17. The number of halogens is 1. The molecule has 0 atom stereocenters. The van der Waals surface area contributed by atoms with E-state index in [-0.39, 0.29) is 11.7 Å². The van der Waals surface area contributed by atoms with E-state index in [0.29, 0.717) is 18.8 Å². The van der Waals surface area contributed by atoms with E-state index in [4.69, 9.17) is 0 Å². The maximum atomic E-state index is 12.8. The normalized spacial score (nSPS) is 10.7. The minimum absolute atomic E-state index is 0.0463. The van der Waals surface area contributed by atoms with E-state index in [1.807, 2.05) is 34.5 Å². The Labute approximate surface area is 147 Å². The average Bonchev–Trinajstić information content (AvgIpc) is 3.25. The van der Waals surface area contributed by atoms with Gasteiger partial charge in [-0.05, 0) is 41.8 Å². The first-order chi connectivity index (χ1) is 11.7. The quantitative estimate of drug-likeness (QED) is 0.653. The molecule has 24 heavy (non-hydrogen) atoms. The molecule has 0 saturated carbocycles. The summed E-state index contributed by atoms with van der Waals surface area (Å²) in [5.74, 6) is -0.00883. The van der Waals surface area contributed by atoms with E-state index in [9.17, 15) is 9.18 Å². The Morgan fingerprint density at radius 3 is 2.83 bits per heavy atom. The molecule has 2 aromatic heterocycles. The summed E-state index contributed by atoms with van der Waals surface area (Å²) < 4.78 is 14.6. The van der Waals surface area contributed by atoms with Gasteiger partial charge in [0.05, 0.1) is 17.2 Å². The fraction of sp³-hybridized carbons (Fsp3) is 0.176. The van der Waals surface area contributed by atoms with Crippen molar-refractivity contribution in [3.8, 4) is 10.6 Å². The summed E-state index contributed by atoms with van der Waals surface area (Å²) in [6.45, 7) is 1.15. The molecular formula is C17H16FN3OS2. The number of amides is 1. The van der Waals surface area contributed by atoms with Crippen molar-refractivity contribution in [2.24, 2.45) is 0 Å². The maximum absolute atomic E-state index is 12.8. The van der Waals surface area contributed by atoms with E-state index in [1.54, 1.807) is 23.5 Å². The number of aromatic nitrogens is 2. The van der Waals surface area contributed by atoms with Gasteiger partial charge >= 0.3 is 0 Å². The molecule has 2 heterocycles. The van der Waals surface area contributed by atoms with E-state index in [0.717, 1.165) is 15.5 Å². The highest BCUT2D eigenvalue weighted by Crippen LogP contribution is 2.22. The third-order valence-electron chi connectivity index (χ3n) is 3.26. The van der Waals surface area contributed by atoms with Crippen LogP contribution in [0.4, 0.5) is 4.39 Å². The van der Waals surface area contributed by atoms with Crippen molar-refractivity contribution in [3.05, 3.63) is 59.9 Å². The van der Waals surface area contributed by atoms with Crippen molar-refractivity contribution in [3.63, 3.8) is 0 Å². The smallest absolute Gasteiger partial charge is 0.230 e. The van der Waals surface area contributed by atoms with Crippen LogP contribution < -0.4 is 5.32 Å². The van der Waals surface area contributed by atoms with Crippen molar-refractivity contribution in [1.82, 2.24) is 15.1 Å². The Bertz CT molecular complexity index is 785. The molecule has 0 bridgehead atoms. The summed E-state index contributed by atoms with van der Waals surface area (Å²) in [5, 5.41) is 9.37. The molecule has 3 rings (SSSR count). The van der Waals surface area contributed by atoms with Crippen molar-refractivity contribution in [1.29, 1.82) is 0 Å². The molecule has 1 aromatic carbocycles. The van der Waals surface area contributed by atoms with E-state index in [1.165, 1.54) is 23.9 Å². The number of carbonyl (C=O) groups is 1. The zero-order chi connectivity index (χ0) is 16.8. The highest BCUT2D eigenvalue weighted by molar-refractivity contribution is 8.00. The van der Waals surface area contributed by atoms with Gasteiger partial charge in [0.2, 0.25) is 5.91 Å². The Morgan fingerprint density at radius 1 is 1.25 bits per heavy atom. The van der Waals surface area contributed by atoms with Gasteiger partial charge in [-0.3, -0.25) is 9.48 Å². The number of hydrogen-bond donors (Lipinski definition) is 1. The van der Waals surface area contributed by atoms with Crippen LogP contribution in [-0.4, -0.2) is 28.0 Å². The number of benzene rings is 1. The van der Waals surface area contributed by atoms with Gasteiger partial charge in [0, 0.05) is 17.6 Å². The van der Waals surface area contributed by atoms with Crippen molar-refractivity contribution >= 4 is 29.0 Å². The van der Waals surface area contributed by atoms with E-state index >= 15 is 0 Å². The number of thioether (sulfide) groups is 1. The fourth-order valence-electron chi connectivity index (χ4n) is 2.08. The molecule has 0 aliphatic heterocycles. The fourth-order valence-corrected chi connectivity index (χ4v) is 3.50. The lowest BCUT2D eigenvalue weighted by Gasteiger charge is -2.05. The Hall–Kier alpha value is -2.12. The van der Waals surface area contributed by atoms with Gasteiger partial charge in [-0.15, -0.1) is 23.1 Å². The molecule has 0 aliphatic rings. The molecule has 0 radical (unpaired) electrons. The second-order valence-electron chi connectivity index (χ2n) is 5.03. The molecule has 1 N–H and O–H groups in total. The standard InChI is InChI=1S/C17H16FN3OS2/c18-13-3-5-14(6-4-13)24-12-17(22)19-8-10-21-9-7-15(20-21)16-2-1-11-23-16/h1-7,9,11H,8,10,12H2,(H,19,22). The van der Waals surface area contributed by atoms with Gasteiger partial charge in [-0.2, -0.15) is 5.10 Å². The Morgan fingerprint density at radius 2 is 2.08 bits per heavy atom. The van der Waals surface area contributed by atoms with Crippen molar-refractivity contribution in [2.75, 3.05) is 12.3 Å². The van der Waals surface area contributed by atoms with Crippen molar-refractivity contribution < 1.29 is 9.18 Å². The highest BCUT2D eigenvalue weighted by atomic mass is 32.2. The van der Waals surface area contributed by atoms with Crippen LogP contribution in [0, 0.1) is 5.82 Å². The lowest BCUT2D eigenvalue weighted by molar-refractivity contribution is -0.118. The van der Waals surface area contributed by atoms with E-state index in [2.05, 4.69) is 10.4 Å². The predicted octanol–water partition coefficient (Wildman–Crippen LogP) is 3.66. The lowest BCUT2D eigenvalue weighted by Crippen LogP contribution is -2.28. The van der Waals surface area contributed by atoms with Gasteiger partial charge in [0.25, 0.3) is 0 Å². The Kier molecular flexibility index (Phi) is 5.66. The van der Waals surface area contributed by atoms with Crippen LogP contribution in [0.2, 0.25) is 0 Å². The Balaban J connectivity index is 1.40. The molecular weight excluding hydrogens is 345 g/mol. The largest absolute Gasteiger partial charge is 0.354 e. The first-order valence-corrected chi connectivity index (χ1v) is 9.29. The molecule has 1 amide bonds. The second-order valence-corrected chi connectivity index (χ2v) is 7.03. The van der Waals surface area contributed by atoms with Crippen LogP contribution in [-0.2, 0) is 11.3 Å². The molecule has 3 aromatic rings. The molecule has 4 nitrogen and oxygen atoms in total. The van der Waals surface area contributed by atoms with Gasteiger partial charge in [-0.25, -0.2) is 4.39 Å². The average molecular weight is 361 g/mol. The second kappa shape index (κ2) is 8.12. The van der Waals surface area contributed by atoms with Gasteiger partial charge < -0.3 is 5.32 Å². The number of hydrogen-bond acceptors (Lipinski definition) is 4. The molecule has 0 spiro atoms. The molecule has 0 aliphatic carbocycles. The topological polar surface area (TPSA) is 46.9 Å². The van der Waals surface area contributed by atoms with Crippen LogP contribution in [0.3, 0.4) is 0 Å². The summed E-state index contributed by atoms with van der Waals surface area (Å²) in [7, 11) is 0. The molecule has 0 fully saturated rings. The highest BCUT2D eigenvalue weighted by Gasteiger charge is 2.05. The molecule has 0 saturated heterocycles. The number of carbonyl (C=O) groups excluding carboxylic acids is 1. The van der Waals surface area contributed by atoms with Crippen LogP contribution in [0.15, 0.2) is 58.9 Å². The third kappa shape index (κ3) is 4.69. The summed E-state index contributed by atoms with van der Waals surface area (Å²) in [6, 6.07) is 12.1. The minimum atomic E-state index is -0.273. The van der Waals surface area contributed by atoms with Crippen LogP contribution in [0.25, 0.3) is 10.6 Å². The summed E-state index contributed by atoms with van der Waals surface area (Å²) in [6.07, 6.45) is 1.91. The number of nitrogens with one attached hydrogen (secondary N) is 1. The zero-order valence-corrected chi connectivity index (χ0v) is 14.4.